The number of imide groups is 1. The van der Waals surface area contributed by atoms with Gasteiger partial charge in [-0.3, -0.25) is 29.4 Å². The fourth-order valence-corrected chi connectivity index (χ4v) is 10.1. The van der Waals surface area contributed by atoms with Gasteiger partial charge in [-0.05, 0) is 105 Å². The number of carbonyl (C=O) groups is 3. The first-order valence-electron chi connectivity index (χ1n) is 22.5. The zero-order chi connectivity index (χ0) is 44.1. The second kappa shape index (κ2) is 17.1. The summed E-state index contributed by atoms with van der Waals surface area (Å²) < 4.78 is 2.89. The standard InChI is InChI=1S/C47H53N13O4/c1-28-6-4-7-29(2)41(28)51-42-35-25-48-47(52-43(35)56(3)54-42)49-34-11-10-31-16-19-57(27-33(31)24-34)26-30-14-20-59(21-15-30)45(63)32-17-22-58(23-18-32)37-9-5-8-36-40(37)46(64)60(55-53-36)38-12-13-39(61)50-44(38)62/h4-11,24-25,30,32,38H,12-23,26-27H2,1-3H3,(H,51,54)(H,48,49,52)(H,50,61,62). The number of carbonyl (C=O) groups excluding carboxylic acids is 3. The van der Waals surface area contributed by atoms with Crippen LogP contribution in [-0.2, 0) is 34.4 Å². The fourth-order valence-electron chi connectivity index (χ4n) is 10.1. The van der Waals surface area contributed by atoms with Gasteiger partial charge in [0.25, 0.3) is 11.5 Å². The number of rotatable bonds is 9. The molecule has 3 N–H and O–H groups in total. The summed E-state index contributed by atoms with van der Waals surface area (Å²) in [6.07, 6.45) is 6.52. The molecule has 0 aliphatic carbocycles. The Balaban J connectivity index is 0.720. The third kappa shape index (κ3) is 8.04. The van der Waals surface area contributed by atoms with Gasteiger partial charge in [-0.1, -0.05) is 35.5 Å². The van der Waals surface area contributed by atoms with Crippen LogP contribution in [-0.4, -0.2) is 102 Å². The number of hydrogen-bond donors (Lipinski definition) is 3. The summed E-state index contributed by atoms with van der Waals surface area (Å²) in [6.45, 7) is 9.87. The summed E-state index contributed by atoms with van der Waals surface area (Å²) >= 11 is 0. The second-order valence-electron chi connectivity index (χ2n) is 17.9. The van der Waals surface area contributed by atoms with Gasteiger partial charge in [0.15, 0.2) is 11.5 Å². The van der Waals surface area contributed by atoms with Crippen LogP contribution >= 0.6 is 0 Å². The van der Waals surface area contributed by atoms with E-state index in [0.29, 0.717) is 48.7 Å². The molecule has 330 valence electrons. The molecule has 3 aromatic heterocycles. The lowest BCUT2D eigenvalue weighted by Crippen LogP contribution is -2.47. The van der Waals surface area contributed by atoms with Crippen molar-refractivity contribution >= 4 is 68.5 Å². The minimum atomic E-state index is -0.889. The lowest BCUT2D eigenvalue weighted by molar-refractivity contribution is -0.138. The van der Waals surface area contributed by atoms with Gasteiger partial charge in [0.05, 0.1) is 16.5 Å². The number of hydrogen-bond acceptors (Lipinski definition) is 13. The third-order valence-electron chi connectivity index (χ3n) is 13.7. The number of nitrogens with one attached hydrogen (secondary N) is 3. The number of fused-ring (bicyclic) bond motifs is 3. The number of anilines is 5. The highest BCUT2D eigenvalue weighted by Gasteiger charge is 2.34. The molecule has 3 amide bonds. The van der Waals surface area contributed by atoms with Crippen molar-refractivity contribution in [3.63, 3.8) is 0 Å². The van der Waals surface area contributed by atoms with E-state index in [9.17, 15) is 19.2 Å². The Morgan fingerprint density at radius 1 is 0.859 bits per heavy atom. The monoisotopic (exact) mass is 863 g/mol. The molecule has 0 saturated carbocycles. The highest BCUT2D eigenvalue weighted by molar-refractivity contribution is 5.99. The zero-order valence-electron chi connectivity index (χ0n) is 36.5. The molecular weight excluding hydrogens is 811 g/mol. The number of aromatic nitrogens is 7. The number of likely N-dealkylation sites (tertiary alicyclic amines) is 1. The maximum absolute atomic E-state index is 13.8. The van der Waals surface area contributed by atoms with E-state index in [4.69, 9.17) is 10.1 Å². The average Bonchev–Trinajstić information content (AvgIpc) is 3.61. The van der Waals surface area contributed by atoms with Crippen molar-refractivity contribution in [2.45, 2.75) is 71.4 Å². The van der Waals surface area contributed by atoms with E-state index in [1.165, 1.54) is 11.1 Å². The average molecular weight is 864 g/mol. The SMILES string of the molecule is Cc1cccc(C)c1Nc1nn(C)c2nc(Nc3ccc4c(c3)CN(CC3CCN(C(=O)C5CCN(c6cccc7nnn(C8CCC(=O)NC8=O)c(=O)c67)CC5)CC3)CC4)ncc12. The molecule has 4 aliphatic rings. The van der Waals surface area contributed by atoms with E-state index in [2.05, 4.69) is 96.2 Å². The molecule has 17 nitrogen and oxygen atoms in total. The molecule has 17 heteroatoms. The molecule has 6 aromatic rings. The number of piperidine rings is 3. The topological polar surface area (TPSA) is 188 Å². The van der Waals surface area contributed by atoms with Crippen LogP contribution in [0.3, 0.4) is 0 Å². The smallest absolute Gasteiger partial charge is 0.280 e. The predicted molar refractivity (Wildman–Crippen MR) is 244 cm³/mol. The molecule has 10 rings (SSSR count). The Bertz CT molecular complexity index is 2840. The number of para-hydroxylation sites is 1. The molecule has 1 atom stereocenters. The molecule has 0 radical (unpaired) electrons. The Kier molecular flexibility index (Phi) is 11.0. The molecule has 7 heterocycles. The first-order chi connectivity index (χ1) is 31.1. The first-order valence-corrected chi connectivity index (χ1v) is 22.5. The van der Waals surface area contributed by atoms with Gasteiger partial charge < -0.3 is 20.4 Å². The summed E-state index contributed by atoms with van der Waals surface area (Å²) in [6, 6.07) is 17.4. The van der Waals surface area contributed by atoms with E-state index < -0.39 is 17.5 Å². The molecular formula is C47H53N13O4. The highest BCUT2D eigenvalue weighted by atomic mass is 16.2. The van der Waals surface area contributed by atoms with Crippen molar-refractivity contribution in [2.75, 3.05) is 54.8 Å². The third-order valence-corrected chi connectivity index (χ3v) is 13.7. The molecule has 3 saturated heterocycles. The molecule has 0 bridgehead atoms. The quantitative estimate of drug-likeness (QED) is 0.164. The van der Waals surface area contributed by atoms with Gasteiger partial charge >= 0.3 is 0 Å². The van der Waals surface area contributed by atoms with Crippen molar-refractivity contribution in [2.24, 2.45) is 18.9 Å². The van der Waals surface area contributed by atoms with Gasteiger partial charge in [-0.15, -0.1) is 5.10 Å². The maximum atomic E-state index is 13.8. The molecule has 1 unspecified atom stereocenters. The molecule has 3 fully saturated rings. The van der Waals surface area contributed by atoms with Crippen molar-refractivity contribution in [3.8, 4) is 0 Å². The van der Waals surface area contributed by atoms with Crippen LogP contribution in [0.25, 0.3) is 21.9 Å². The summed E-state index contributed by atoms with van der Waals surface area (Å²) in [7, 11) is 1.90. The normalized spacial score (nSPS) is 19.0. The van der Waals surface area contributed by atoms with Crippen LogP contribution in [0.4, 0.5) is 28.8 Å². The van der Waals surface area contributed by atoms with E-state index in [1.54, 1.807) is 10.7 Å². The van der Waals surface area contributed by atoms with Gasteiger partial charge in [-0.25, -0.2) is 9.67 Å². The zero-order valence-corrected chi connectivity index (χ0v) is 36.5. The predicted octanol–water partition coefficient (Wildman–Crippen LogP) is 5.06. The van der Waals surface area contributed by atoms with Gasteiger partial charge in [0, 0.05) is 82.8 Å². The first kappa shape index (κ1) is 41.3. The summed E-state index contributed by atoms with van der Waals surface area (Å²) in [5.41, 5.74) is 8.49. The number of amides is 3. The minimum absolute atomic E-state index is 0.0664. The van der Waals surface area contributed by atoms with Crippen LogP contribution in [0.5, 0.6) is 0 Å². The van der Waals surface area contributed by atoms with Crippen molar-refractivity contribution < 1.29 is 14.4 Å². The van der Waals surface area contributed by atoms with Crippen LogP contribution in [0.2, 0.25) is 0 Å². The Morgan fingerprint density at radius 3 is 2.42 bits per heavy atom. The Labute approximate surface area is 370 Å². The fraction of sp³-hybridized carbons (Fsp3) is 0.426. The Morgan fingerprint density at radius 2 is 1.64 bits per heavy atom. The van der Waals surface area contributed by atoms with Gasteiger partial charge in [-0.2, -0.15) is 14.8 Å². The number of nitrogens with zero attached hydrogens (tertiary/aromatic N) is 10. The van der Waals surface area contributed by atoms with Gasteiger partial charge in [0.2, 0.25) is 17.8 Å². The van der Waals surface area contributed by atoms with E-state index >= 15 is 0 Å². The number of benzene rings is 3. The van der Waals surface area contributed by atoms with Crippen molar-refractivity contribution in [1.82, 2.24) is 49.9 Å². The molecule has 4 aliphatic heterocycles. The summed E-state index contributed by atoms with van der Waals surface area (Å²) in [5, 5.41) is 23.6. The largest absolute Gasteiger partial charge is 0.371 e. The van der Waals surface area contributed by atoms with Crippen LogP contribution in [0.1, 0.15) is 66.8 Å². The number of aryl methyl sites for hydroxylation is 3. The molecule has 0 spiro atoms. The van der Waals surface area contributed by atoms with Crippen LogP contribution in [0.15, 0.2) is 65.6 Å². The second-order valence-corrected chi connectivity index (χ2v) is 17.9. The molecule has 64 heavy (non-hydrogen) atoms. The van der Waals surface area contributed by atoms with E-state index in [1.807, 2.05) is 25.4 Å². The summed E-state index contributed by atoms with van der Waals surface area (Å²) in [4.78, 5) is 68.2. The van der Waals surface area contributed by atoms with Gasteiger partial charge in [0.1, 0.15) is 11.6 Å². The van der Waals surface area contributed by atoms with E-state index in [0.717, 1.165) is 102 Å². The van der Waals surface area contributed by atoms with Crippen LogP contribution in [0, 0.1) is 25.7 Å². The van der Waals surface area contributed by atoms with Crippen LogP contribution < -0.4 is 26.4 Å². The molecule has 3 aromatic carbocycles. The van der Waals surface area contributed by atoms with E-state index in [-0.39, 0.29) is 30.6 Å². The Hall–Kier alpha value is -6.75. The minimum Gasteiger partial charge on any atom is -0.371 e. The summed E-state index contributed by atoms with van der Waals surface area (Å²) in [5.74, 6) is 1.04. The van der Waals surface area contributed by atoms with Crippen molar-refractivity contribution in [1.29, 1.82) is 0 Å². The maximum Gasteiger partial charge on any atom is 0.280 e. The highest BCUT2D eigenvalue weighted by Crippen LogP contribution is 2.33. The lowest BCUT2D eigenvalue weighted by Gasteiger charge is -2.39. The lowest BCUT2D eigenvalue weighted by atomic mass is 9.91. The van der Waals surface area contributed by atoms with Crippen molar-refractivity contribution in [3.05, 3.63) is 93.4 Å².